The van der Waals surface area contributed by atoms with Crippen molar-refractivity contribution >= 4 is 11.6 Å². The molecule has 29 heavy (non-hydrogen) atoms. The second-order valence-electron chi connectivity index (χ2n) is 7.40. The summed E-state index contributed by atoms with van der Waals surface area (Å²) in [6, 6.07) is 7.10. The Morgan fingerprint density at radius 2 is 2.14 bits per heavy atom. The first kappa shape index (κ1) is 21.6. The molecule has 2 unspecified atom stereocenters. The fourth-order valence-electron chi connectivity index (χ4n) is 3.69. The Hall–Kier alpha value is -2.13. The molecule has 2 heterocycles. The minimum atomic E-state index is -2.83. The van der Waals surface area contributed by atoms with E-state index in [0.717, 1.165) is 45.2 Å². The average molecular weight is 411 g/mol. The molecule has 162 valence electrons. The number of likely N-dealkylation sites (N-methyl/N-ethyl adjacent to an activating group) is 1. The van der Waals surface area contributed by atoms with E-state index in [4.69, 9.17) is 9.73 Å². The molecule has 2 atom stereocenters. The largest absolute Gasteiger partial charge is 0.433 e. The molecule has 1 aromatic rings. The highest BCUT2D eigenvalue weighted by Gasteiger charge is 2.26. The molecule has 2 N–H and O–H groups in total. The Bertz CT molecular complexity index is 676. The van der Waals surface area contributed by atoms with Crippen LogP contribution in [0.4, 0.5) is 14.5 Å². The van der Waals surface area contributed by atoms with Crippen molar-refractivity contribution in [1.82, 2.24) is 15.5 Å². The van der Waals surface area contributed by atoms with E-state index in [2.05, 4.69) is 32.2 Å². The van der Waals surface area contributed by atoms with Gasteiger partial charge in [0, 0.05) is 38.8 Å². The number of para-hydroxylation sites is 2. The SMILES string of the molecule is CCNC(=NCC1CN(C)CCO1)NC1CCN(c2ccccc2OC(F)F)C1. The predicted molar refractivity (Wildman–Crippen MR) is 110 cm³/mol. The fourth-order valence-corrected chi connectivity index (χ4v) is 3.69. The monoisotopic (exact) mass is 411 g/mol. The van der Waals surface area contributed by atoms with Crippen molar-refractivity contribution in [2.75, 3.05) is 57.8 Å². The Morgan fingerprint density at radius 1 is 1.31 bits per heavy atom. The van der Waals surface area contributed by atoms with Gasteiger partial charge in [-0.15, -0.1) is 0 Å². The Balaban J connectivity index is 1.57. The van der Waals surface area contributed by atoms with Crippen LogP contribution in [-0.2, 0) is 4.74 Å². The summed E-state index contributed by atoms with van der Waals surface area (Å²) in [5.41, 5.74) is 0.692. The number of morpholine rings is 1. The van der Waals surface area contributed by atoms with Gasteiger partial charge in [-0.25, -0.2) is 0 Å². The van der Waals surface area contributed by atoms with Crippen molar-refractivity contribution in [2.24, 2.45) is 4.99 Å². The number of nitrogens with zero attached hydrogens (tertiary/aromatic N) is 3. The standard InChI is InChI=1S/C20H31F2N5O2/c1-3-23-20(24-12-16-14-26(2)10-11-28-16)25-15-8-9-27(13-15)17-6-4-5-7-18(17)29-19(21)22/h4-7,15-16,19H,3,8-14H2,1-2H3,(H2,23,24,25). The quantitative estimate of drug-likeness (QED) is 0.527. The average Bonchev–Trinajstić information content (AvgIpc) is 3.15. The third-order valence-electron chi connectivity index (χ3n) is 5.09. The number of hydrogen-bond donors (Lipinski definition) is 2. The summed E-state index contributed by atoms with van der Waals surface area (Å²) in [5.74, 6) is 0.968. The minimum Gasteiger partial charge on any atom is -0.433 e. The molecule has 7 nitrogen and oxygen atoms in total. The first-order valence-electron chi connectivity index (χ1n) is 10.2. The highest BCUT2D eigenvalue weighted by Crippen LogP contribution is 2.31. The predicted octanol–water partition coefficient (Wildman–Crippen LogP) is 1.75. The zero-order valence-corrected chi connectivity index (χ0v) is 17.1. The molecule has 3 rings (SSSR count). The number of alkyl halides is 2. The molecule has 0 aromatic heterocycles. The van der Waals surface area contributed by atoms with Gasteiger partial charge in [-0.3, -0.25) is 4.99 Å². The smallest absolute Gasteiger partial charge is 0.387 e. The number of ether oxygens (including phenoxy) is 2. The molecule has 0 radical (unpaired) electrons. The van der Waals surface area contributed by atoms with E-state index in [-0.39, 0.29) is 17.9 Å². The van der Waals surface area contributed by atoms with Crippen molar-refractivity contribution in [1.29, 1.82) is 0 Å². The molecule has 0 amide bonds. The molecule has 2 aliphatic rings. The molecule has 2 fully saturated rings. The van der Waals surface area contributed by atoms with E-state index in [9.17, 15) is 8.78 Å². The summed E-state index contributed by atoms with van der Waals surface area (Å²) < 4.78 is 35.8. The lowest BCUT2D eigenvalue weighted by atomic mass is 10.2. The second-order valence-corrected chi connectivity index (χ2v) is 7.40. The van der Waals surface area contributed by atoms with E-state index in [1.165, 1.54) is 0 Å². The van der Waals surface area contributed by atoms with E-state index in [1.807, 2.05) is 19.1 Å². The van der Waals surface area contributed by atoms with Crippen LogP contribution in [0.1, 0.15) is 13.3 Å². The number of hydrogen-bond acceptors (Lipinski definition) is 5. The van der Waals surface area contributed by atoms with Crippen LogP contribution in [0.25, 0.3) is 0 Å². The molecule has 0 saturated carbocycles. The lowest BCUT2D eigenvalue weighted by Gasteiger charge is -2.29. The summed E-state index contributed by atoms with van der Waals surface area (Å²) in [7, 11) is 2.09. The van der Waals surface area contributed by atoms with Crippen LogP contribution in [0.15, 0.2) is 29.3 Å². The Kier molecular flexibility index (Phi) is 7.88. The minimum absolute atomic E-state index is 0.0997. The Morgan fingerprint density at radius 3 is 2.90 bits per heavy atom. The number of halogens is 2. The molecule has 1 aromatic carbocycles. The second kappa shape index (κ2) is 10.6. The maximum absolute atomic E-state index is 12.7. The third kappa shape index (κ3) is 6.43. The Labute approximate surface area is 171 Å². The van der Waals surface area contributed by atoms with Crippen molar-refractivity contribution in [3.63, 3.8) is 0 Å². The van der Waals surface area contributed by atoms with Crippen molar-refractivity contribution in [3.05, 3.63) is 24.3 Å². The zero-order valence-electron chi connectivity index (χ0n) is 17.1. The lowest BCUT2D eigenvalue weighted by Crippen LogP contribution is -2.46. The molecule has 2 aliphatic heterocycles. The van der Waals surface area contributed by atoms with Crippen molar-refractivity contribution in [3.8, 4) is 5.75 Å². The number of guanidine groups is 1. The van der Waals surface area contributed by atoms with Crippen LogP contribution in [-0.4, -0.2) is 82.5 Å². The highest BCUT2D eigenvalue weighted by atomic mass is 19.3. The number of benzene rings is 1. The van der Waals surface area contributed by atoms with Crippen molar-refractivity contribution in [2.45, 2.75) is 32.1 Å². The summed E-state index contributed by atoms with van der Waals surface area (Å²) in [5, 5.41) is 6.75. The molecule has 0 bridgehead atoms. The zero-order chi connectivity index (χ0) is 20.6. The summed E-state index contributed by atoms with van der Waals surface area (Å²) >= 11 is 0. The van der Waals surface area contributed by atoms with Gasteiger partial charge in [0.05, 0.1) is 24.9 Å². The number of rotatable bonds is 7. The maximum Gasteiger partial charge on any atom is 0.387 e. The van der Waals surface area contributed by atoms with Gasteiger partial charge in [-0.1, -0.05) is 12.1 Å². The number of anilines is 1. The highest BCUT2D eigenvalue weighted by molar-refractivity contribution is 5.80. The topological polar surface area (TPSA) is 61.4 Å². The van der Waals surface area contributed by atoms with Gasteiger partial charge in [-0.2, -0.15) is 8.78 Å². The van der Waals surface area contributed by atoms with Crippen LogP contribution in [0.3, 0.4) is 0 Å². The molecule has 2 saturated heterocycles. The normalized spacial score (nSPS) is 23.5. The third-order valence-corrected chi connectivity index (χ3v) is 5.09. The van der Waals surface area contributed by atoms with Gasteiger partial charge in [0.2, 0.25) is 0 Å². The van der Waals surface area contributed by atoms with Crippen LogP contribution in [0.2, 0.25) is 0 Å². The van der Waals surface area contributed by atoms with E-state index in [1.54, 1.807) is 12.1 Å². The molecule has 0 aliphatic carbocycles. The maximum atomic E-state index is 12.7. The summed E-state index contributed by atoms with van der Waals surface area (Å²) in [6.45, 7) is 4.57. The molecular weight excluding hydrogens is 380 g/mol. The van der Waals surface area contributed by atoms with Crippen LogP contribution in [0, 0.1) is 0 Å². The summed E-state index contributed by atoms with van der Waals surface area (Å²) in [4.78, 5) is 9.01. The number of aliphatic imine (C=N–C) groups is 1. The van der Waals surface area contributed by atoms with E-state index < -0.39 is 6.61 Å². The number of nitrogens with one attached hydrogen (secondary N) is 2. The van der Waals surface area contributed by atoms with E-state index in [0.29, 0.717) is 18.8 Å². The van der Waals surface area contributed by atoms with Gasteiger partial charge in [0.25, 0.3) is 0 Å². The van der Waals surface area contributed by atoms with Gasteiger partial charge in [-0.05, 0) is 32.5 Å². The van der Waals surface area contributed by atoms with Gasteiger partial charge in [0.15, 0.2) is 5.96 Å². The van der Waals surface area contributed by atoms with Gasteiger partial charge >= 0.3 is 6.61 Å². The van der Waals surface area contributed by atoms with Crippen molar-refractivity contribution < 1.29 is 18.3 Å². The first-order chi connectivity index (χ1) is 14.0. The van der Waals surface area contributed by atoms with Gasteiger partial charge < -0.3 is 29.9 Å². The van der Waals surface area contributed by atoms with E-state index >= 15 is 0 Å². The summed E-state index contributed by atoms with van der Waals surface area (Å²) in [6.07, 6.45) is 0.985. The fraction of sp³-hybridized carbons (Fsp3) is 0.650. The molecular formula is C20H31F2N5O2. The molecule has 9 heteroatoms. The van der Waals surface area contributed by atoms with Gasteiger partial charge in [0.1, 0.15) is 5.75 Å². The van der Waals surface area contributed by atoms with Crippen LogP contribution >= 0.6 is 0 Å². The molecule has 0 spiro atoms. The first-order valence-corrected chi connectivity index (χ1v) is 10.2. The van der Waals surface area contributed by atoms with Crippen LogP contribution < -0.4 is 20.3 Å². The van der Waals surface area contributed by atoms with Crippen LogP contribution in [0.5, 0.6) is 5.75 Å². The lowest BCUT2D eigenvalue weighted by molar-refractivity contribution is -0.0495.